The number of amides is 2. The minimum absolute atomic E-state index is 0.221. The van der Waals surface area contributed by atoms with Gasteiger partial charge in [0.1, 0.15) is 5.82 Å². The maximum absolute atomic E-state index is 13.2. The highest BCUT2D eigenvalue weighted by atomic mass is 35.5. The number of piperazine rings is 1. The Morgan fingerprint density at radius 1 is 1.25 bits per heavy atom. The molecule has 2 N–H and O–H groups in total. The Morgan fingerprint density at radius 3 is 2.62 bits per heavy atom. The molecule has 2 aromatic carbocycles. The van der Waals surface area contributed by atoms with Crippen molar-refractivity contribution in [1.82, 2.24) is 9.80 Å². The Bertz CT molecular complexity index is 994. The van der Waals surface area contributed by atoms with E-state index in [1.807, 2.05) is 0 Å². The monoisotopic (exact) mass is 459 g/mol. The molecular formula is C24H27ClFN3O3. The number of carbonyl (C=O) groups is 2. The third-order valence-electron chi connectivity index (χ3n) is 5.39. The normalized spacial score (nSPS) is 18.0. The molecule has 2 aromatic rings. The van der Waals surface area contributed by atoms with Crippen molar-refractivity contribution >= 4 is 35.2 Å². The van der Waals surface area contributed by atoms with Crippen LogP contribution in [0.4, 0.5) is 10.1 Å². The van der Waals surface area contributed by atoms with E-state index in [-0.39, 0.29) is 23.7 Å². The molecule has 170 valence electrons. The minimum Gasteiger partial charge on any atom is -0.391 e. The lowest BCUT2D eigenvalue weighted by atomic mass is 10.1. The van der Waals surface area contributed by atoms with Gasteiger partial charge < -0.3 is 15.3 Å². The summed E-state index contributed by atoms with van der Waals surface area (Å²) in [7, 11) is 0. The van der Waals surface area contributed by atoms with Crippen LogP contribution in [-0.2, 0) is 16.1 Å². The summed E-state index contributed by atoms with van der Waals surface area (Å²) in [5.41, 5.74) is 2.15. The molecule has 1 heterocycles. The molecule has 8 heteroatoms. The van der Waals surface area contributed by atoms with Crippen LogP contribution in [0.15, 0.2) is 48.5 Å². The molecule has 0 bridgehead atoms. The highest BCUT2D eigenvalue weighted by molar-refractivity contribution is 6.31. The average Bonchev–Trinajstić information content (AvgIpc) is 2.74. The molecule has 0 spiro atoms. The summed E-state index contributed by atoms with van der Waals surface area (Å²) in [6, 6.07) is 11.0. The molecule has 2 atom stereocenters. The predicted octanol–water partition coefficient (Wildman–Crippen LogP) is 3.54. The van der Waals surface area contributed by atoms with Gasteiger partial charge in [0.2, 0.25) is 11.8 Å². The Hall–Kier alpha value is -2.74. The van der Waals surface area contributed by atoms with Crippen LogP contribution in [0.3, 0.4) is 0 Å². The van der Waals surface area contributed by atoms with Crippen LogP contribution in [0.2, 0.25) is 5.02 Å². The lowest BCUT2D eigenvalue weighted by Gasteiger charge is -2.42. The van der Waals surface area contributed by atoms with Crippen LogP contribution in [-0.4, -0.2) is 58.5 Å². The van der Waals surface area contributed by atoms with Gasteiger partial charge in [-0.3, -0.25) is 14.5 Å². The van der Waals surface area contributed by atoms with E-state index in [1.165, 1.54) is 25.1 Å². The smallest absolute Gasteiger partial charge is 0.247 e. The summed E-state index contributed by atoms with van der Waals surface area (Å²) in [5, 5.41) is 13.5. The zero-order valence-electron chi connectivity index (χ0n) is 18.1. The maximum Gasteiger partial charge on any atom is 0.247 e. The second kappa shape index (κ2) is 10.7. The fraction of sp³-hybridized carbons (Fsp3) is 0.333. The van der Waals surface area contributed by atoms with Crippen molar-refractivity contribution in [3.05, 3.63) is 70.5 Å². The third-order valence-corrected chi connectivity index (χ3v) is 5.63. The number of nitrogens with zero attached hydrogens (tertiary/aromatic N) is 2. The minimum atomic E-state index is -0.714. The first-order chi connectivity index (χ1) is 15.2. The van der Waals surface area contributed by atoms with E-state index in [2.05, 4.69) is 10.2 Å². The number of halogens is 2. The Labute approximate surface area is 192 Å². The third kappa shape index (κ3) is 6.38. The van der Waals surface area contributed by atoms with Crippen LogP contribution in [0.1, 0.15) is 25.0 Å². The van der Waals surface area contributed by atoms with E-state index in [0.29, 0.717) is 42.5 Å². The molecule has 0 saturated carbocycles. The van der Waals surface area contributed by atoms with E-state index in [1.54, 1.807) is 48.2 Å². The van der Waals surface area contributed by atoms with Crippen LogP contribution in [0.25, 0.3) is 6.08 Å². The van der Waals surface area contributed by atoms with Crippen molar-refractivity contribution in [2.75, 3.05) is 25.0 Å². The Kier molecular flexibility index (Phi) is 8.01. The average molecular weight is 460 g/mol. The number of nitrogens with one attached hydrogen (secondary N) is 1. The number of aliphatic hydroxyl groups is 1. The van der Waals surface area contributed by atoms with E-state index in [9.17, 15) is 19.1 Å². The molecule has 32 heavy (non-hydrogen) atoms. The summed E-state index contributed by atoms with van der Waals surface area (Å²) in [6.07, 6.45) is 2.36. The van der Waals surface area contributed by atoms with Crippen molar-refractivity contribution in [1.29, 1.82) is 0 Å². The number of benzene rings is 2. The highest BCUT2D eigenvalue weighted by Crippen LogP contribution is 2.23. The standard InChI is InChI=1S/C24H27ClFN3O3/c1-16(30)23-15-28(14-18-3-8-21(26)9-4-18)11-12-29(23)24(32)10-6-19-5-7-20(25)13-22(19)27-17(2)31/h3-10,13,16,23,30H,11-12,14-15H2,1-2H3,(H,27,31)/t16-,23?/m0/s1. The second-order valence-electron chi connectivity index (χ2n) is 7.95. The summed E-state index contributed by atoms with van der Waals surface area (Å²) in [4.78, 5) is 28.2. The number of hydrogen-bond acceptors (Lipinski definition) is 4. The first-order valence-corrected chi connectivity index (χ1v) is 10.8. The van der Waals surface area contributed by atoms with Gasteiger partial charge in [0.25, 0.3) is 0 Å². The number of rotatable bonds is 6. The zero-order valence-corrected chi connectivity index (χ0v) is 18.8. The van der Waals surface area contributed by atoms with Gasteiger partial charge in [0.15, 0.2) is 0 Å². The molecule has 0 radical (unpaired) electrons. The molecule has 1 fully saturated rings. The molecule has 1 saturated heterocycles. The summed E-state index contributed by atoms with van der Waals surface area (Å²) < 4.78 is 13.2. The van der Waals surface area contributed by atoms with Crippen molar-refractivity contribution in [3.8, 4) is 0 Å². The fourth-order valence-electron chi connectivity index (χ4n) is 3.78. The van der Waals surface area contributed by atoms with Crippen LogP contribution in [0.5, 0.6) is 0 Å². The number of aliphatic hydroxyl groups excluding tert-OH is 1. The van der Waals surface area contributed by atoms with Crippen LogP contribution < -0.4 is 5.32 Å². The molecular weight excluding hydrogens is 433 g/mol. The van der Waals surface area contributed by atoms with Gasteiger partial charge in [-0.1, -0.05) is 29.8 Å². The van der Waals surface area contributed by atoms with Crippen LogP contribution in [0, 0.1) is 5.82 Å². The topological polar surface area (TPSA) is 72.9 Å². The van der Waals surface area contributed by atoms with Gasteiger partial charge in [-0.15, -0.1) is 0 Å². The maximum atomic E-state index is 13.2. The zero-order chi connectivity index (χ0) is 23.3. The molecule has 0 aromatic heterocycles. The van der Waals surface area contributed by atoms with E-state index >= 15 is 0 Å². The summed E-state index contributed by atoms with van der Waals surface area (Å²) in [5.74, 6) is -0.735. The van der Waals surface area contributed by atoms with Gasteiger partial charge in [-0.2, -0.15) is 0 Å². The number of anilines is 1. The predicted molar refractivity (Wildman–Crippen MR) is 124 cm³/mol. The van der Waals surface area contributed by atoms with Gasteiger partial charge in [0.05, 0.1) is 12.1 Å². The SMILES string of the molecule is CC(=O)Nc1cc(Cl)ccc1C=CC(=O)N1CCN(Cc2ccc(F)cc2)CC1[C@H](C)O. The van der Waals surface area contributed by atoms with E-state index in [4.69, 9.17) is 11.6 Å². The summed E-state index contributed by atoms with van der Waals surface area (Å²) in [6.45, 7) is 5.29. The van der Waals surface area contributed by atoms with E-state index in [0.717, 1.165) is 5.56 Å². The number of hydrogen-bond donors (Lipinski definition) is 2. The van der Waals surface area contributed by atoms with Crippen molar-refractivity contribution < 1.29 is 19.1 Å². The summed E-state index contributed by atoms with van der Waals surface area (Å²) >= 11 is 6.02. The Balaban J connectivity index is 1.70. The lowest BCUT2D eigenvalue weighted by Crippen LogP contribution is -2.58. The van der Waals surface area contributed by atoms with Gasteiger partial charge >= 0.3 is 0 Å². The lowest BCUT2D eigenvalue weighted by molar-refractivity contribution is -0.134. The molecule has 3 rings (SSSR count). The Morgan fingerprint density at radius 2 is 1.97 bits per heavy atom. The van der Waals surface area contributed by atoms with Gasteiger partial charge in [-0.05, 0) is 48.4 Å². The molecule has 6 nitrogen and oxygen atoms in total. The molecule has 1 unspecified atom stereocenters. The number of carbonyl (C=O) groups excluding carboxylic acids is 2. The first kappa shape index (κ1) is 23.9. The van der Waals surface area contributed by atoms with Crippen molar-refractivity contribution in [2.45, 2.75) is 32.5 Å². The van der Waals surface area contributed by atoms with Crippen molar-refractivity contribution in [3.63, 3.8) is 0 Å². The quantitative estimate of drug-likeness (QED) is 0.648. The van der Waals surface area contributed by atoms with Crippen molar-refractivity contribution in [2.24, 2.45) is 0 Å². The molecule has 0 aliphatic carbocycles. The second-order valence-corrected chi connectivity index (χ2v) is 8.38. The first-order valence-electron chi connectivity index (χ1n) is 10.4. The molecule has 2 amide bonds. The largest absolute Gasteiger partial charge is 0.391 e. The molecule has 1 aliphatic heterocycles. The van der Waals surface area contributed by atoms with Gasteiger partial charge in [-0.25, -0.2) is 4.39 Å². The van der Waals surface area contributed by atoms with Crippen LogP contribution >= 0.6 is 11.6 Å². The fourth-order valence-corrected chi connectivity index (χ4v) is 3.95. The van der Waals surface area contributed by atoms with Gasteiger partial charge in [0, 0.05) is 49.9 Å². The van der Waals surface area contributed by atoms with E-state index < -0.39 is 6.10 Å². The molecule has 1 aliphatic rings. The highest BCUT2D eigenvalue weighted by Gasteiger charge is 2.32.